The number of benzene rings is 3. The van der Waals surface area contributed by atoms with Crippen LogP contribution in [0, 0.1) is 11.6 Å². The maximum Gasteiger partial charge on any atom is 0.258 e. The molecule has 0 aliphatic rings. The monoisotopic (exact) mass is 566 g/mol. The minimum atomic E-state index is -1.07. The molecule has 7 nitrogen and oxygen atoms in total. The number of anilines is 2. The average Bonchev–Trinajstić information content (AvgIpc) is 2.86. The molecule has 3 rings (SSSR count). The Morgan fingerprint density at radius 1 is 1.05 bits per heavy atom. The molecule has 0 aliphatic heterocycles. The molecular weight excluding hydrogens is 534 g/mol. The van der Waals surface area contributed by atoms with Crippen molar-refractivity contribution in [3.63, 3.8) is 0 Å². The van der Waals surface area contributed by atoms with E-state index in [2.05, 4.69) is 23.6 Å². The smallest absolute Gasteiger partial charge is 0.258 e. The van der Waals surface area contributed by atoms with Gasteiger partial charge in [0.25, 0.3) is 5.91 Å². The van der Waals surface area contributed by atoms with Crippen molar-refractivity contribution in [2.24, 2.45) is 0 Å². The predicted molar refractivity (Wildman–Crippen MR) is 152 cm³/mol. The SMILES string of the molecule is CCc1cccc(CNC[C@H](O)[C@@H](Cc2cc(F)cc(F)c2)NC(=O)COc2ccc(N)c(N)c2Cl)c1.S. The van der Waals surface area contributed by atoms with E-state index in [0.717, 1.165) is 30.2 Å². The third-order valence-electron chi connectivity index (χ3n) is 5.81. The van der Waals surface area contributed by atoms with Gasteiger partial charge in [-0.1, -0.05) is 42.8 Å². The van der Waals surface area contributed by atoms with Crippen LogP contribution in [-0.2, 0) is 24.2 Å². The fourth-order valence-corrected chi connectivity index (χ4v) is 4.05. The topological polar surface area (TPSA) is 123 Å². The summed E-state index contributed by atoms with van der Waals surface area (Å²) in [5, 5.41) is 16.8. The molecule has 0 bridgehead atoms. The van der Waals surface area contributed by atoms with Gasteiger partial charge in [0.1, 0.15) is 22.4 Å². The summed E-state index contributed by atoms with van der Waals surface area (Å²) in [6.07, 6.45) is -0.171. The lowest BCUT2D eigenvalue weighted by Gasteiger charge is -2.25. The van der Waals surface area contributed by atoms with Gasteiger partial charge in [0, 0.05) is 19.2 Å². The molecule has 0 spiro atoms. The van der Waals surface area contributed by atoms with Crippen LogP contribution < -0.4 is 26.8 Å². The zero-order chi connectivity index (χ0) is 26.9. The summed E-state index contributed by atoms with van der Waals surface area (Å²) >= 11 is 6.12. The number of nitrogens with one attached hydrogen (secondary N) is 2. The summed E-state index contributed by atoms with van der Waals surface area (Å²) in [4.78, 5) is 12.7. The van der Waals surface area contributed by atoms with Gasteiger partial charge in [-0.25, -0.2) is 8.78 Å². The van der Waals surface area contributed by atoms with Crippen molar-refractivity contribution in [1.29, 1.82) is 0 Å². The van der Waals surface area contributed by atoms with Gasteiger partial charge in [-0.3, -0.25) is 4.79 Å². The molecule has 0 heterocycles. The largest absolute Gasteiger partial charge is 0.482 e. The van der Waals surface area contributed by atoms with Gasteiger partial charge in [-0.15, -0.1) is 0 Å². The van der Waals surface area contributed by atoms with E-state index in [1.807, 2.05) is 18.2 Å². The molecule has 2 atom stereocenters. The number of carbonyl (C=O) groups is 1. The lowest BCUT2D eigenvalue weighted by molar-refractivity contribution is -0.124. The van der Waals surface area contributed by atoms with Crippen molar-refractivity contribution in [3.8, 4) is 5.75 Å². The second-order valence-corrected chi connectivity index (χ2v) is 9.07. The molecule has 206 valence electrons. The third-order valence-corrected chi connectivity index (χ3v) is 6.20. The highest BCUT2D eigenvalue weighted by Gasteiger charge is 2.23. The fraction of sp³-hybridized carbons (Fsp3) is 0.296. The van der Waals surface area contributed by atoms with Crippen LogP contribution in [0.4, 0.5) is 20.2 Å². The highest BCUT2D eigenvalue weighted by atomic mass is 35.5. The minimum absolute atomic E-state index is 0. The van der Waals surface area contributed by atoms with E-state index in [1.54, 1.807) is 0 Å². The number of ether oxygens (including phenoxy) is 1. The molecule has 0 saturated carbocycles. The Morgan fingerprint density at radius 2 is 1.74 bits per heavy atom. The highest BCUT2D eigenvalue weighted by molar-refractivity contribution is 7.59. The molecule has 11 heteroatoms. The van der Waals surface area contributed by atoms with E-state index in [1.165, 1.54) is 17.7 Å². The van der Waals surface area contributed by atoms with Crippen LogP contribution in [0.25, 0.3) is 0 Å². The van der Waals surface area contributed by atoms with Gasteiger partial charge < -0.3 is 31.9 Å². The first kappa shape index (κ1) is 31.2. The van der Waals surface area contributed by atoms with Crippen LogP contribution in [0.5, 0.6) is 5.75 Å². The first-order valence-electron chi connectivity index (χ1n) is 11.8. The molecule has 7 N–H and O–H groups in total. The average molecular weight is 567 g/mol. The number of aliphatic hydroxyl groups excluding tert-OH is 1. The summed E-state index contributed by atoms with van der Waals surface area (Å²) in [7, 11) is 0. The maximum atomic E-state index is 13.7. The number of halogens is 3. The van der Waals surface area contributed by atoms with Crippen molar-refractivity contribution in [3.05, 3.63) is 87.9 Å². The van der Waals surface area contributed by atoms with E-state index in [0.29, 0.717) is 6.54 Å². The van der Waals surface area contributed by atoms with Crippen LogP contribution in [0.2, 0.25) is 5.02 Å². The summed E-state index contributed by atoms with van der Waals surface area (Å²) in [6, 6.07) is 13.2. The molecule has 0 aromatic heterocycles. The Labute approximate surface area is 233 Å². The number of aliphatic hydroxyl groups is 1. The molecule has 38 heavy (non-hydrogen) atoms. The van der Waals surface area contributed by atoms with Gasteiger partial charge in [-0.05, 0) is 53.8 Å². The number of amides is 1. The van der Waals surface area contributed by atoms with Crippen LogP contribution >= 0.6 is 25.1 Å². The maximum absolute atomic E-state index is 13.7. The lowest BCUT2D eigenvalue weighted by Crippen LogP contribution is -2.49. The molecule has 0 saturated heterocycles. The Kier molecular flexibility index (Phi) is 12.1. The van der Waals surface area contributed by atoms with Crippen LogP contribution in [0.15, 0.2) is 54.6 Å². The second-order valence-electron chi connectivity index (χ2n) is 8.70. The van der Waals surface area contributed by atoms with Gasteiger partial charge in [0.2, 0.25) is 0 Å². The quantitative estimate of drug-likeness (QED) is 0.213. The van der Waals surface area contributed by atoms with E-state index in [-0.39, 0.29) is 54.2 Å². The van der Waals surface area contributed by atoms with Gasteiger partial charge in [0.05, 0.1) is 23.5 Å². The van der Waals surface area contributed by atoms with Gasteiger partial charge in [-0.2, -0.15) is 13.5 Å². The van der Waals surface area contributed by atoms with Crippen molar-refractivity contribution >= 4 is 42.4 Å². The number of nitrogen functional groups attached to an aromatic ring is 2. The van der Waals surface area contributed by atoms with E-state index in [9.17, 15) is 18.7 Å². The van der Waals surface area contributed by atoms with Gasteiger partial charge in [0.15, 0.2) is 6.61 Å². The number of nitrogens with two attached hydrogens (primary N) is 2. The predicted octanol–water partition coefficient (Wildman–Crippen LogP) is 3.71. The van der Waals surface area contributed by atoms with Crippen molar-refractivity contribution in [2.45, 2.75) is 38.5 Å². The van der Waals surface area contributed by atoms with Crippen LogP contribution in [-0.4, -0.2) is 36.3 Å². The van der Waals surface area contributed by atoms with Gasteiger partial charge >= 0.3 is 0 Å². The molecule has 3 aromatic rings. The Hall–Kier alpha value is -3.05. The van der Waals surface area contributed by atoms with E-state index >= 15 is 0 Å². The summed E-state index contributed by atoms with van der Waals surface area (Å²) in [5.41, 5.74) is 14.4. The number of aryl methyl sites for hydroxylation is 1. The van der Waals surface area contributed by atoms with E-state index in [4.69, 9.17) is 27.8 Å². The second kappa shape index (κ2) is 14.8. The first-order chi connectivity index (χ1) is 17.7. The molecule has 0 aliphatic carbocycles. The Bertz CT molecular complexity index is 1210. The normalized spacial score (nSPS) is 12.3. The zero-order valence-corrected chi connectivity index (χ0v) is 22.7. The molecule has 0 radical (unpaired) electrons. The molecular formula is C27H33ClF2N4O3S. The number of hydrogen-bond donors (Lipinski definition) is 5. The Balaban J connectivity index is 0.00000507. The van der Waals surface area contributed by atoms with Crippen LogP contribution in [0.3, 0.4) is 0 Å². The minimum Gasteiger partial charge on any atom is -0.482 e. The number of hydrogen-bond acceptors (Lipinski definition) is 6. The highest BCUT2D eigenvalue weighted by Crippen LogP contribution is 2.34. The molecule has 0 fully saturated rings. The number of rotatable bonds is 12. The zero-order valence-electron chi connectivity index (χ0n) is 20.9. The number of carbonyl (C=O) groups excluding carboxylic acids is 1. The third kappa shape index (κ3) is 9.05. The van der Waals surface area contributed by atoms with Crippen molar-refractivity contribution < 1.29 is 23.4 Å². The van der Waals surface area contributed by atoms with Crippen molar-refractivity contribution in [2.75, 3.05) is 24.6 Å². The molecule has 3 aromatic carbocycles. The lowest BCUT2D eigenvalue weighted by atomic mass is 10.0. The van der Waals surface area contributed by atoms with Crippen molar-refractivity contribution in [1.82, 2.24) is 10.6 Å². The summed E-state index contributed by atoms with van der Waals surface area (Å²) in [6.45, 7) is 2.26. The van der Waals surface area contributed by atoms with E-state index < -0.39 is 36.3 Å². The Morgan fingerprint density at radius 3 is 2.42 bits per heavy atom. The standard InChI is InChI=1S/C27H31ClF2N4O3.H2S/c1-2-16-4-3-5-17(8-16)13-33-14-23(35)22(11-18-9-19(29)12-20(30)10-18)34-25(36)15-37-24-7-6-21(31)27(32)26(24)28;/h3-10,12,22-23,33,35H,2,11,13-15,31-32H2,1H3,(H,34,36);1H2/t22-,23+;/m1./s1. The first-order valence-corrected chi connectivity index (χ1v) is 12.2. The molecule has 0 unspecified atom stereocenters. The molecule has 1 amide bonds. The summed E-state index contributed by atoms with van der Waals surface area (Å²) < 4.78 is 33.0. The summed E-state index contributed by atoms with van der Waals surface area (Å²) in [5.74, 6) is -1.89. The van der Waals surface area contributed by atoms with Crippen LogP contribution in [0.1, 0.15) is 23.6 Å². The fourth-order valence-electron chi connectivity index (χ4n) is 3.82.